The molecule has 2 heteroatoms. The lowest BCUT2D eigenvalue weighted by atomic mass is 9.90. The van der Waals surface area contributed by atoms with Crippen molar-refractivity contribution in [1.29, 1.82) is 0 Å². The van der Waals surface area contributed by atoms with Crippen molar-refractivity contribution in [3.05, 3.63) is 53.1 Å². The van der Waals surface area contributed by atoms with Crippen molar-refractivity contribution < 1.29 is 4.79 Å². The Labute approximate surface area is 100.0 Å². The smallest absolute Gasteiger partial charge is 0.207 e. The van der Waals surface area contributed by atoms with Gasteiger partial charge in [-0.25, -0.2) is 0 Å². The molecule has 1 aliphatic rings. The molecule has 2 nitrogen and oxygen atoms in total. The van der Waals surface area contributed by atoms with Gasteiger partial charge in [0.15, 0.2) is 0 Å². The number of hydrogen-bond acceptors (Lipinski definition) is 1. The van der Waals surface area contributed by atoms with Crippen LogP contribution in [0.2, 0.25) is 0 Å². The molecule has 0 saturated carbocycles. The fourth-order valence-corrected chi connectivity index (χ4v) is 2.50. The van der Waals surface area contributed by atoms with Crippen LogP contribution in [0.25, 0.3) is 16.8 Å². The summed E-state index contributed by atoms with van der Waals surface area (Å²) in [5, 5.41) is 5.34. The van der Waals surface area contributed by atoms with E-state index in [0.717, 1.165) is 12.8 Å². The molecule has 0 saturated heterocycles. The predicted octanol–water partition coefficient (Wildman–Crippen LogP) is 2.66. The lowest BCUT2D eigenvalue weighted by Crippen LogP contribution is -2.11. The highest BCUT2D eigenvalue weighted by atomic mass is 16.1. The Balaban J connectivity index is 2.24. The van der Waals surface area contributed by atoms with Crippen LogP contribution in [-0.4, -0.2) is 6.41 Å². The van der Waals surface area contributed by atoms with E-state index in [-0.39, 0.29) is 0 Å². The average Bonchev–Trinajstić information content (AvgIpc) is 2.39. The summed E-state index contributed by atoms with van der Waals surface area (Å²) in [6, 6.07) is 10.6. The molecule has 2 aromatic carbocycles. The number of carbonyl (C=O) groups is 1. The van der Waals surface area contributed by atoms with Gasteiger partial charge in [-0.3, -0.25) is 4.79 Å². The van der Waals surface area contributed by atoms with Gasteiger partial charge in [0.05, 0.1) is 0 Å². The Morgan fingerprint density at radius 3 is 3.06 bits per heavy atom. The molecule has 0 heterocycles. The van der Waals surface area contributed by atoms with E-state index in [1.807, 2.05) is 0 Å². The van der Waals surface area contributed by atoms with Gasteiger partial charge in [-0.05, 0) is 33.9 Å². The first-order valence-corrected chi connectivity index (χ1v) is 5.77. The average molecular weight is 223 g/mol. The topological polar surface area (TPSA) is 29.1 Å². The third-order valence-electron chi connectivity index (χ3n) is 3.26. The molecule has 0 fully saturated rings. The van der Waals surface area contributed by atoms with Crippen molar-refractivity contribution >= 4 is 23.3 Å². The second kappa shape index (κ2) is 4.06. The molecule has 0 atom stereocenters. The summed E-state index contributed by atoms with van der Waals surface area (Å²) >= 11 is 0. The highest BCUT2D eigenvalue weighted by molar-refractivity contribution is 5.96. The minimum Gasteiger partial charge on any atom is -0.355 e. The normalized spacial score (nSPS) is 12.7. The van der Waals surface area contributed by atoms with Crippen LogP contribution >= 0.6 is 0 Å². The monoisotopic (exact) mass is 223 g/mol. The second-order valence-electron chi connectivity index (χ2n) is 4.26. The van der Waals surface area contributed by atoms with E-state index in [1.54, 1.807) is 0 Å². The third kappa shape index (κ3) is 1.62. The zero-order valence-corrected chi connectivity index (χ0v) is 9.44. The number of amides is 1. The molecule has 0 spiro atoms. The Morgan fingerprint density at radius 1 is 1.24 bits per heavy atom. The van der Waals surface area contributed by atoms with Crippen molar-refractivity contribution in [2.24, 2.45) is 0 Å². The van der Waals surface area contributed by atoms with Gasteiger partial charge in [0.1, 0.15) is 0 Å². The number of carbonyl (C=O) groups excluding carboxylic acids is 1. The molecule has 2 aromatic rings. The molecule has 1 N–H and O–H groups in total. The van der Waals surface area contributed by atoms with Gasteiger partial charge in [-0.15, -0.1) is 0 Å². The summed E-state index contributed by atoms with van der Waals surface area (Å²) in [4.78, 5) is 10.4. The van der Waals surface area contributed by atoms with Crippen molar-refractivity contribution in [1.82, 2.24) is 5.32 Å². The van der Waals surface area contributed by atoms with Crippen LogP contribution in [0.3, 0.4) is 0 Å². The third-order valence-corrected chi connectivity index (χ3v) is 3.26. The van der Waals surface area contributed by atoms with E-state index in [0.29, 0.717) is 6.54 Å². The SMILES string of the molecule is O=CNCc1ccc2cccc3c2c1C=CC3. The Morgan fingerprint density at radius 2 is 2.18 bits per heavy atom. The zero-order chi connectivity index (χ0) is 11.7. The van der Waals surface area contributed by atoms with Gasteiger partial charge < -0.3 is 5.32 Å². The van der Waals surface area contributed by atoms with E-state index in [9.17, 15) is 4.79 Å². The van der Waals surface area contributed by atoms with Crippen LogP contribution in [0.4, 0.5) is 0 Å². The lowest BCUT2D eigenvalue weighted by Gasteiger charge is -2.16. The van der Waals surface area contributed by atoms with E-state index in [4.69, 9.17) is 0 Å². The number of allylic oxidation sites excluding steroid dienone is 1. The lowest BCUT2D eigenvalue weighted by molar-refractivity contribution is -0.109. The predicted molar refractivity (Wildman–Crippen MR) is 69.6 cm³/mol. The van der Waals surface area contributed by atoms with Crippen LogP contribution in [0.15, 0.2) is 36.4 Å². The molecule has 0 bridgehead atoms. The van der Waals surface area contributed by atoms with Crippen LogP contribution in [0.5, 0.6) is 0 Å². The number of hydrogen-bond donors (Lipinski definition) is 1. The van der Waals surface area contributed by atoms with Crippen LogP contribution < -0.4 is 5.32 Å². The van der Waals surface area contributed by atoms with Gasteiger partial charge in [0.2, 0.25) is 6.41 Å². The molecule has 0 aromatic heterocycles. The Kier molecular flexibility index (Phi) is 2.41. The summed E-state index contributed by atoms with van der Waals surface area (Å²) < 4.78 is 0. The standard InChI is InChI=1S/C15H13NO/c17-10-16-9-13-8-7-12-4-1-3-11-5-2-6-14(13)15(11)12/h1-4,6-8,10H,5,9H2,(H,16,17). The summed E-state index contributed by atoms with van der Waals surface area (Å²) in [7, 11) is 0. The maximum atomic E-state index is 10.4. The molecule has 84 valence electrons. The molecule has 3 rings (SSSR count). The van der Waals surface area contributed by atoms with E-state index < -0.39 is 0 Å². The maximum Gasteiger partial charge on any atom is 0.207 e. The molecule has 0 unspecified atom stereocenters. The van der Waals surface area contributed by atoms with Gasteiger partial charge in [0.25, 0.3) is 0 Å². The molecule has 17 heavy (non-hydrogen) atoms. The first kappa shape index (κ1) is 10.1. The van der Waals surface area contributed by atoms with Crippen LogP contribution in [0, 0.1) is 0 Å². The highest BCUT2D eigenvalue weighted by Crippen LogP contribution is 2.30. The molecular formula is C15H13NO. The molecule has 0 radical (unpaired) electrons. The van der Waals surface area contributed by atoms with E-state index >= 15 is 0 Å². The quantitative estimate of drug-likeness (QED) is 0.796. The molecule has 1 aliphatic carbocycles. The first-order valence-electron chi connectivity index (χ1n) is 5.77. The largest absolute Gasteiger partial charge is 0.355 e. The second-order valence-corrected chi connectivity index (χ2v) is 4.26. The number of benzene rings is 2. The summed E-state index contributed by atoms with van der Waals surface area (Å²) in [6.45, 7) is 0.591. The summed E-state index contributed by atoms with van der Waals surface area (Å²) in [6.07, 6.45) is 6.09. The fraction of sp³-hybridized carbons (Fsp3) is 0.133. The van der Waals surface area contributed by atoms with Gasteiger partial charge in [0, 0.05) is 6.54 Å². The van der Waals surface area contributed by atoms with E-state index in [1.165, 1.54) is 27.5 Å². The maximum absolute atomic E-state index is 10.4. The molecule has 0 aliphatic heterocycles. The van der Waals surface area contributed by atoms with Crippen LogP contribution in [0.1, 0.15) is 16.7 Å². The van der Waals surface area contributed by atoms with Crippen molar-refractivity contribution in [2.75, 3.05) is 0 Å². The molecule has 1 amide bonds. The van der Waals surface area contributed by atoms with Gasteiger partial charge in [-0.1, -0.05) is 42.5 Å². The van der Waals surface area contributed by atoms with Gasteiger partial charge in [-0.2, -0.15) is 0 Å². The minimum absolute atomic E-state index is 0.591. The van der Waals surface area contributed by atoms with Crippen molar-refractivity contribution in [3.8, 4) is 0 Å². The first-order chi connectivity index (χ1) is 8.40. The fourth-order valence-electron chi connectivity index (χ4n) is 2.50. The highest BCUT2D eigenvalue weighted by Gasteiger charge is 2.11. The molecular weight excluding hydrogens is 210 g/mol. The zero-order valence-electron chi connectivity index (χ0n) is 9.44. The van der Waals surface area contributed by atoms with E-state index in [2.05, 4.69) is 47.8 Å². The summed E-state index contributed by atoms with van der Waals surface area (Å²) in [5.41, 5.74) is 3.79. The Hall–Kier alpha value is -2.09. The Bertz CT molecular complexity index is 614. The van der Waals surface area contributed by atoms with Gasteiger partial charge >= 0.3 is 0 Å². The summed E-state index contributed by atoms with van der Waals surface area (Å²) in [5.74, 6) is 0. The van der Waals surface area contributed by atoms with Crippen molar-refractivity contribution in [2.45, 2.75) is 13.0 Å². The van der Waals surface area contributed by atoms with Crippen molar-refractivity contribution in [3.63, 3.8) is 0 Å². The number of rotatable bonds is 3. The minimum atomic E-state index is 0.591. The van der Waals surface area contributed by atoms with Crippen LogP contribution in [-0.2, 0) is 17.8 Å². The number of nitrogens with one attached hydrogen (secondary N) is 1.